The van der Waals surface area contributed by atoms with E-state index in [4.69, 9.17) is 11.6 Å². The second kappa shape index (κ2) is 11.1. The maximum Gasteiger partial charge on any atom is 0.241 e. The summed E-state index contributed by atoms with van der Waals surface area (Å²) in [6, 6.07) is 12.4. The van der Waals surface area contributed by atoms with Crippen LogP contribution in [0.2, 0.25) is 5.02 Å². The Morgan fingerprint density at radius 2 is 1.82 bits per heavy atom. The predicted octanol–water partition coefficient (Wildman–Crippen LogP) is 3.84. The fourth-order valence-electron chi connectivity index (χ4n) is 3.88. The Morgan fingerprint density at radius 3 is 2.48 bits per heavy atom. The molecule has 3 rings (SSSR count). The zero-order valence-electron chi connectivity index (χ0n) is 18.9. The van der Waals surface area contributed by atoms with Gasteiger partial charge in [0, 0.05) is 30.7 Å². The third-order valence-corrected chi connectivity index (χ3v) is 7.65. The summed E-state index contributed by atoms with van der Waals surface area (Å²) in [7, 11) is -4.01. The van der Waals surface area contributed by atoms with E-state index in [0.717, 1.165) is 18.4 Å². The molecule has 2 amide bonds. The lowest BCUT2D eigenvalue weighted by Gasteiger charge is -2.33. The first-order chi connectivity index (χ1) is 15.7. The van der Waals surface area contributed by atoms with Crippen LogP contribution in [0.3, 0.4) is 0 Å². The molecular formula is C24H30ClN3O4S. The largest absolute Gasteiger partial charge is 0.341 e. The van der Waals surface area contributed by atoms with E-state index in [2.05, 4.69) is 17.0 Å². The van der Waals surface area contributed by atoms with Gasteiger partial charge in [-0.15, -0.1) is 0 Å². The molecule has 1 aliphatic rings. The topological polar surface area (TPSA) is 95.6 Å². The minimum atomic E-state index is -4.01. The lowest BCUT2D eigenvalue weighted by molar-refractivity contribution is -0.134. The molecule has 0 saturated carbocycles. The molecular weight excluding hydrogens is 462 g/mol. The number of benzene rings is 2. The first-order valence-corrected chi connectivity index (χ1v) is 12.9. The number of halogens is 1. The van der Waals surface area contributed by atoms with E-state index in [1.165, 1.54) is 19.1 Å². The standard InChI is InChI=1S/C24H30ClN3O4S/c1-17-12-14-28(15-13-17)24(30)23(11-10-19-6-3-4-9-22(19)25)27-33(31,32)21-8-5-7-20(16-21)26-18(2)29/h3-9,16-17,23,27H,10-15H2,1-2H3,(H,26,29). The van der Waals surface area contributed by atoms with Gasteiger partial charge in [0.15, 0.2) is 0 Å². The minimum Gasteiger partial charge on any atom is -0.341 e. The number of nitrogens with zero attached hydrogens (tertiary/aromatic N) is 1. The van der Waals surface area contributed by atoms with Crippen molar-refractivity contribution in [3.63, 3.8) is 0 Å². The van der Waals surface area contributed by atoms with Gasteiger partial charge in [0.05, 0.1) is 4.90 Å². The molecule has 0 spiro atoms. The summed E-state index contributed by atoms with van der Waals surface area (Å²) in [4.78, 5) is 26.4. The Labute approximate surface area is 200 Å². The molecule has 178 valence electrons. The van der Waals surface area contributed by atoms with Crippen LogP contribution in [-0.2, 0) is 26.0 Å². The van der Waals surface area contributed by atoms with Crippen LogP contribution < -0.4 is 10.0 Å². The fourth-order valence-corrected chi connectivity index (χ4v) is 5.38. The summed E-state index contributed by atoms with van der Waals surface area (Å²) < 4.78 is 29.0. The number of likely N-dealkylation sites (tertiary alicyclic amines) is 1. The van der Waals surface area contributed by atoms with E-state index in [1.54, 1.807) is 23.1 Å². The highest BCUT2D eigenvalue weighted by molar-refractivity contribution is 7.89. The molecule has 2 aromatic rings. The highest BCUT2D eigenvalue weighted by atomic mass is 35.5. The number of hydrogen-bond donors (Lipinski definition) is 2. The zero-order chi connectivity index (χ0) is 24.0. The van der Waals surface area contributed by atoms with E-state index in [-0.39, 0.29) is 23.1 Å². The molecule has 1 aliphatic heterocycles. The molecule has 2 N–H and O–H groups in total. The average molecular weight is 492 g/mol. The van der Waals surface area contributed by atoms with Gasteiger partial charge in [-0.3, -0.25) is 9.59 Å². The predicted molar refractivity (Wildman–Crippen MR) is 130 cm³/mol. The van der Waals surface area contributed by atoms with E-state index < -0.39 is 16.1 Å². The maximum absolute atomic E-state index is 13.3. The van der Waals surface area contributed by atoms with Crippen molar-refractivity contribution in [2.24, 2.45) is 5.92 Å². The van der Waals surface area contributed by atoms with Crippen LogP contribution in [0.15, 0.2) is 53.4 Å². The highest BCUT2D eigenvalue weighted by Gasteiger charge is 2.31. The SMILES string of the molecule is CC(=O)Nc1cccc(S(=O)(=O)NC(CCc2ccccc2Cl)C(=O)N2CCC(C)CC2)c1. The summed E-state index contributed by atoms with van der Waals surface area (Å²) >= 11 is 6.27. The van der Waals surface area contributed by atoms with E-state index in [1.807, 2.05) is 18.2 Å². The molecule has 1 unspecified atom stereocenters. The first kappa shape index (κ1) is 25.2. The second-order valence-corrected chi connectivity index (χ2v) is 10.6. The van der Waals surface area contributed by atoms with Crippen molar-refractivity contribution in [2.75, 3.05) is 18.4 Å². The third kappa shape index (κ3) is 7.03. The molecule has 2 aromatic carbocycles. The smallest absolute Gasteiger partial charge is 0.241 e. The molecule has 33 heavy (non-hydrogen) atoms. The number of carbonyl (C=O) groups excluding carboxylic acids is 2. The number of aryl methyl sites for hydroxylation is 1. The van der Waals surface area contributed by atoms with E-state index in [9.17, 15) is 18.0 Å². The van der Waals surface area contributed by atoms with Crippen molar-refractivity contribution in [3.05, 3.63) is 59.1 Å². The Bertz CT molecular complexity index is 1100. The molecule has 1 fully saturated rings. The summed E-state index contributed by atoms with van der Waals surface area (Å²) in [6.07, 6.45) is 2.52. The number of nitrogens with one attached hydrogen (secondary N) is 2. The minimum absolute atomic E-state index is 0.0171. The quantitative estimate of drug-likeness (QED) is 0.586. The molecule has 0 aromatic heterocycles. The van der Waals surface area contributed by atoms with Crippen LogP contribution in [0.4, 0.5) is 5.69 Å². The molecule has 0 aliphatic carbocycles. The van der Waals surface area contributed by atoms with Crippen molar-refractivity contribution >= 4 is 39.1 Å². The van der Waals surface area contributed by atoms with Gasteiger partial charge in [0.25, 0.3) is 0 Å². The number of rotatable bonds is 8. The Morgan fingerprint density at radius 1 is 1.12 bits per heavy atom. The van der Waals surface area contributed by atoms with Crippen molar-refractivity contribution < 1.29 is 18.0 Å². The number of sulfonamides is 1. The van der Waals surface area contributed by atoms with E-state index >= 15 is 0 Å². The molecule has 0 radical (unpaired) electrons. The Kier molecular flexibility index (Phi) is 8.51. The summed E-state index contributed by atoms with van der Waals surface area (Å²) in [5.74, 6) is 0.0176. The fraction of sp³-hybridized carbons (Fsp3) is 0.417. The van der Waals surface area contributed by atoms with Crippen LogP contribution in [0.25, 0.3) is 0 Å². The number of piperidine rings is 1. The number of hydrogen-bond acceptors (Lipinski definition) is 4. The van der Waals surface area contributed by atoms with Gasteiger partial charge in [0.2, 0.25) is 21.8 Å². The van der Waals surface area contributed by atoms with Gasteiger partial charge < -0.3 is 10.2 Å². The number of anilines is 1. The van der Waals surface area contributed by atoms with Crippen molar-refractivity contribution in [1.82, 2.24) is 9.62 Å². The van der Waals surface area contributed by atoms with E-state index in [0.29, 0.717) is 36.1 Å². The first-order valence-electron chi connectivity index (χ1n) is 11.1. The summed E-state index contributed by atoms with van der Waals surface area (Å²) in [5.41, 5.74) is 1.23. The molecule has 7 nitrogen and oxygen atoms in total. The van der Waals surface area contributed by atoms with Crippen LogP contribution >= 0.6 is 11.6 Å². The van der Waals surface area contributed by atoms with Gasteiger partial charge in [-0.05, 0) is 61.4 Å². The van der Waals surface area contributed by atoms with Crippen LogP contribution in [-0.4, -0.2) is 44.3 Å². The van der Waals surface area contributed by atoms with Gasteiger partial charge >= 0.3 is 0 Å². The monoisotopic (exact) mass is 491 g/mol. The van der Waals surface area contributed by atoms with Crippen LogP contribution in [0, 0.1) is 5.92 Å². The molecule has 0 bridgehead atoms. The van der Waals surface area contributed by atoms with Gasteiger partial charge in [-0.1, -0.05) is 42.8 Å². The van der Waals surface area contributed by atoms with Crippen molar-refractivity contribution in [3.8, 4) is 0 Å². The summed E-state index contributed by atoms with van der Waals surface area (Å²) in [6.45, 7) is 4.73. The number of amides is 2. The Balaban J connectivity index is 1.82. The maximum atomic E-state index is 13.3. The van der Waals surface area contributed by atoms with Crippen LogP contribution in [0.5, 0.6) is 0 Å². The zero-order valence-corrected chi connectivity index (χ0v) is 20.5. The second-order valence-electron chi connectivity index (χ2n) is 8.52. The Hall–Kier alpha value is -2.42. The third-order valence-electron chi connectivity index (χ3n) is 5.82. The average Bonchev–Trinajstić information content (AvgIpc) is 2.77. The van der Waals surface area contributed by atoms with Gasteiger partial charge in [0.1, 0.15) is 6.04 Å². The van der Waals surface area contributed by atoms with Crippen molar-refractivity contribution in [1.29, 1.82) is 0 Å². The van der Waals surface area contributed by atoms with Crippen LogP contribution in [0.1, 0.15) is 38.7 Å². The number of carbonyl (C=O) groups is 2. The molecule has 1 saturated heterocycles. The van der Waals surface area contributed by atoms with Crippen molar-refractivity contribution in [2.45, 2.75) is 50.5 Å². The molecule has 9 heteroatoms. The molecule has 1 atom stereocenters. The lowest BCUT2D eigenvalue weighted by atomic mass is 9.98. The highest BCUT2D eigenvalue weighted by Crippen LogP contribution is 2.22. The van der Waals surface area contributed by atoms with Gasteiger partial charge in [-0.25, -0.2) is 8.42 Å². The lowest BCUT2D eigenvalue weighted by Crippen LogP contribution is -2.50. The normalized spacial score (nSPS) is 15.8. The van der Waals surface area contributed by atoms with Gasteiger partial charge in [-0.2, -0.15) is 4.72 Å². The molecule has 1 heterocycles. The summed E-state index contributed by atoms with van der Waals surface area (Å²) in [5, 5.41) is 3.17.